The molecule has 0 aliphatic heterocycles. The number of aromatic amines is 1. The first-order valence-corrected chi connectivity index (χ1v) is 10.1. The molecule has 4 aromatic rings. The summed E-state index contributed by atoms with van der Waals surface area (Å²) in [6.07, 6.45) is 2.03. The van der Waals surface area contributed by atoms with Gasteiger partial charge < -0.3 is 9.40 Å². The maximum Gasteiger partial charge on any atom is 0.252 e. The van der Waals surface area contributed by atoms with Gasteiger partial charge in [-0.15, -0.1) is 11.8 Å². The summed E-state index contributed by atoms with van der Waals surface area (Å²) in [5, 5.41) is 1.43. The number of nitrogens with one attached hydrogen (secondary N) is 1. The largest absolute Gasteiger partial charge is 0.454 e. The number of fused-ring (bicyclic) bond motifs is 3. The first kappa shape index (κ1) is 18.6. The number of pyridine rings is 1. The van der Waals surface area contributed by atoms with Gasteiger partial charge in [0.2, 0.25) is 0 Å². The highest BCUT2D eigenvalue weighted by atomic mass is 35.5. The smallest absolute Gasteiger partial charge is 0.252 e. The minimum absolute atomic E-state index is 0.116. The van der Waals surface area contributed by atoms with Crippen molar-refractivity contribution in [3.8, 4) is 11.1 Å². The van der Waals surface area contributed by atoms with Crippen molar-refractivity contribution in [3.63, 3.8) is 0 Å². The molecule has 5 heteroatoms. The van der Waals surface area contributed by atoms with Crippen LogP contribution in [0.25, 0.3) is 33.2 Å². The van der Waals surface area contributed by atoms with Crippen molar-refractivity contribution in [3.05, 3.63) is 63.4 Å². The predicted octanol–water partition coefficient (Wildman–Crippen LogP) is 6.65. The van der Waals surface area contributed by atoms with Crippen molar-refractivity contribution in [2.75, 3.05) is 6.26 Å². The second kappa shape index (κ2) is 7.60. The molecule has 0 saturated carbocycles. The SMILES string of the molecule is CC.CSc1cccc(-c2c(C)c(=O)[nH]c3c2oc2ccc(Cl)cc23)c1. The average molecular weight is 386 g/mol. The lowest BCUT2D eigenvalue weighted by Crippen LogP contribution is -2.10. The van der Waals surface area contributed by atoms with Crippen molar-refractivity contribution in [2.45, 2.75) is 25.7 Å². The van der Waals surface area contributed by atoms with Crippen molar-refractivity contribution >= 4 is 45.4 Å². The van der Waals surface area contributed by atoms with E-state index in [1.807, 2.05) is 57.4 Å². The Kier molecular flexibility index (Phi) is 5.44. The highest BCUT2D eigenvalue weighted by Gasteiger charge is 2.18. The van der Waals surface area contributed by atoms with E-state index in [0.717, 1.165) is 21.4 Å². The van der Waals surface area contributed by atoms with E-state index < -0.39 is 0 Å². The van der Waals surface area contributed by atoms with Gasteiger partial charge in [0.1, 0.15) is 5.58 Å². The van der Waals surface area contributed by atoms with Crippen LogP contribution in [0, 0.1) is 6.92 Å². The molecule has 0 aliphatic carbocycles. The second-order valence-corrected chi connectivity index (χ2v) is 6.95. The number of thioether (sulfide) groups is 1. The third-order valence-corrected chi connectivity index (χ3v) is 5.15. The summed E-state index contributed by atoms with van der Waals surface area (Å²) in [6, 6.07) is 13.5. The van der Waals surface area contributed by atoms with E-state index in [1.54, 1.807) is 17.8 Å². The van der Waals surface area contributed by atoms with Crippen LogP contribution in [0.2, 0.25) is 5.02 Å². The van der Waals surface area contributed by atoms with Gasteiger partial charge in [0.25, 0.3) is 5.56 Å². The Hall–Kier alpha value is -2.17. The molecule has 4 rings (SSSR count). The highest BCUT2D eigenvalue weighted by molar-refractivity contribution is 7.98. The fourth-order valence-corrected chi connectivity index (χ4v) is 3.62. The van der Waals surface area contributed by atoms with Gasteiger partial charge in [0.15, 0.2) is 5.58 Å². The Bertz CT molecular complexity index is 1140. The lowest BCUT2D eigenvalue weighted by atomic mass is 10.0. The first-order valence-electron chi connectivity index (χ1n) is 8.47. The summed E-state index contributed by atoms with van der Waals surface area (Å²) in [4.78, 5) is 16.5. The van der Waals surface area contributed by atoms with E-state index in [1.165, 1.54) is 0 Å². The van der Waals surface area contributed by atoms with Crippen molar-refractivity contribution < 1.29 is 4.42 Å². The summed E-state index contributed by atoms with van der Waals surface area (Å²) in [7, 11) is 0. The molecule has 134 valence electrons. The zero-order chi connectivity index (χ0) is 18.8. The molecule has 3 nitrogen and oxygen atoms in total. The molecule has 0 bridgehead atoms. The van der Waals surface area contributed by atoms with Crippen molar-refractivity contribution in [1.82, 2.24) is 4.98 Å². The summed E-state index contributed by atoms with van der Waals surface area (Å²) in [5.74, 6) is 0. The van der Waals surface area contributed by atoms with Gasteiger partial charge in [0, 0.05) is 26.4 Å². The normalized spacial score (nSPS) is 10.8. The summed E-state index contributed by atoms with van der Waals surface area (Å²) in [6.45, 7) is 5.82. The Balaban J connectivity index is 0.000000948. The average Bonchev–Trinajstić information content (AvgIpc) is 3.01. The van der Waals surface area contributed by atoms with Crippen molar-refractivity contribution in [2.24, 2.45) is 0 Å². The number of rotatable bonds is 2. The number of furan rings is 1. The molecular weight excluding hydrogens is 366 g/mol. The number of H-pyrrole nitrogens is 1. The third-order valence-electron chi connectivity index (χ3n) is 4.19. The first-order chi connectivity index (χ1) is 12.6. The lowest BCUT2D eigenvalue weighted by molar-refractivity contribution is 0.668. The van der Waals surface area contributed by atoms with Crippen LogP contribution in [0.1, 0.15) is 19.4 Å². The Morgan fingerprint density at radius 3 is 2.62 bits per heavy atom. The number of hydrogen-bond acceptors (Lipinski definition) is 3. The molecule has 0 spiro atoms. The molecule has 0 fully saturated rings. The van der Waals surface area contributed by atoms with E-state index >= 15 is 0 Å². The summed E-state index contributed by atoms with van der Waals surface area (Å²) < 4.78 is 6.07. The lowest BCUT2D eigenvalue weighted by Gasteiger charge is -2.07. The quantitative estimate of drug-likeness (QED) is 0.393. The molecule has 0 amide bonds. The van der Waals surface area contributed by atoms with Gasteiger partial charge in [-0.2, -0.15) is 0 Å². The molecule has 0 saturated heterocycles. The number of aromatic nitrogens is 1. The standard InChI is InChI=1S/C19H14ClNO2S.C2H6/c1-10-16(11-4-3-5-13(8-11)24-2)18-17(21-19(10)22)14-9-12(20)6-7-15(14)23-18;1-2/h3-9H,1-2H3,(H,21,22);1-2H3. The van der Waals surface area contributed by atoms with Gasteiger partial charge in [-0.05, 0) is 49.1 Å². The zero-order valence-electron chi connectivity index (χ0n) is 15.1. The van der Waals surface area contributed by atoms with Gasteiger partial charge in [0.05, 0.1) is 5.52 Å². The fourth-order valence-electron chi connectivity index (χ4n) is 2.99. The molecule has 1 N–H and O–H groups in total. The molecule has 0 unspecified atom stereocenters. The van der Waals surface area contributed by atoms with Gasteiger partial charge in [-0.3, -0.25) is 4.79 Å². The molecular formula is C21H20ClNO2S. The Labute approximate surface area is 161 Å². The third kappa shape index (κ3) is 3.15. The van der Waals surface area contributed by atoms with Crippen LogP contribution < -0.4 is 5.56 Å². The molecule has 2 heterocycles. The van der Waals surface area contributed by atoms with Crippen LogP contribution in [-0.4, -0.2) is 11.2 Å². The topological polar surface area (TPSA) is 46.0 Å². The molecule has 0 atom stereocenters. The van der Waals surface area contributed by atoms with Gasteiger partial charge >= 0.3 is 0 Å². The van der Waals surface area contributed by atoms with Gasteiger partial charge in [-0.1, -0.05) is 37.6 Å². The van der Waals surface area contributed by atoms with Crippen LogP contribution in [0.3, 0.4) is 0 Å². The Morgan fingerprint density at radius 1 is 1.12 bits per heavy atom. The van der Waals surface area contributed by atoms with Crippen LogP contribution >= 0.6 is 23.4 Å². The van der Waals surface area contributed by atoms with E-state index in [9.17, 15) is 4.79 Å². The van der Waals surface area contributed by atoms with Crippen LogP contribution in [0.5, 0.6) is 0 Å². The summed E-state index contributed by atoms with van der Waals surface area (Å²) in [5.41, 5.74) is 4.41. The van der Waals surface area contributed by atoms with Crippen LogP contribution in [0.15, 0.2) is 56.6 Å². The number of hydrogen-bond donors (Lipinski definition) is 1. The predicted molar refractivity (Wildman–Crippen MR) is 113 cm³/mol. The minimum atomic E-state index is -0.116. The minimum Gasteiger partial charge on any atom is -0.454 e. The Morgan fingerprint density at radius 2 is 1.88 bits per heavy atom. The van der Waals surface area contributed by atoms with E-state index in [0.29, 0.717) is 27.3 Å². The monoisotopic (exact) mass is 385 g/mol. The molecule has 26 heavy (non-hydrogen) atoms. The van der Waals surface area contributed by atoms with Gasteiger partial charge in [-0.25, -0.2) is 0 Å². The molecule has 0 aliphatic rings. The number of benzene rings is 2. The highest BCUT2D eigenvalue weighted by Crippen LogP contribution is 2.37. The van der Waals surface area contributed by atoms with Crippen molar-refractivity contribution in [1.29, 1.82) is 0 Å². The second-order valence-electron chi connectivity index (χ2n) is 5.63. The van der Waals surface area contributed by atoms with E-state index in [4.69, 9.17) is 16.0 Å². The van der Waals surface area contributed by atoms with Crippen LogP contribution in [-0.2, 0) is 0 Å². The zero-order valence-corrected chi connectivity index (χ0v) is 16.7. The molecule has 2 aromatic heterocycles. The summed E-state index contributed by atoms with van der Waals surface area (Å²) >= 11 is 7.77. The maximum atomic E-state index is 12.5. The fraction of sp³-hybridized carbons (Fsp3) is 0.190. The van der Waals surface area contributed by atoms with E-state index in [-0.39, 0.29) is 5.56 Å². The van der Waals surface area contributed by atoms with E-state index in [2.05, 4.69) is 11.1 Å². The van der Waals surface area contributed by atoms with Crippen LogP contribution in [0.4, 0.5) is 0 Å². The maximum absolute atomic E-state index is 12.5. The molecule has 0 radical (unpaired) electrons. The molecule has 2 aromatic carbocycles. The number of halogens is 1.